The average molecular weight is 786 g/mol. The summed E-state index contributed by atoms with van der Waals surface area (Å²) in [7, 11) is 0. The molecule has 10 aromatic rings. The molecule has 0 fully saturated rings. The Morgan fingerprint density at radius 1 is 0.355 bits per heavy atom. The molecule has 2 heterocycles. The Hall–Kier alpha value is -8.50. The number of aromatic nitrogens is 1. The molecule has 0 saturated heterocycles. The monoisotopic (exact) mass is 785 g/mol. The predicted molar refractivity (Wildman–Crippen MR) is 253 cm³/mol. The van der Waals surface area contributed by atoms with Crippen LogP contribution in [0, 0.1) is 22.7 Å². The van der Waals surface area contributed by atoms with Gasteiger partial charge in [0.15, 0.2) is 0 Å². The fraction of sp³-hybridized carbons (Fsp3) is 0.0169. The van der Waals surface area contributed by atoms with Crippen molar-refractivity contribution in [2.24, 2.45) is 0 Å². The molecule has 0 unspecified atom stereocenters. The third kappa shape index (κ3) is 5.23. The van der Waals surface area contributed by atoms with Crippen LogP contribution in [0.25, 0.3) is 84.2 Å². The predicted octanol–water partition coefficient (Wildman–Crippen LogP) is 14.4. The van der Waals surface area contributed by atoms with Gasteiger partial charge in [-0.25, -0.2) is 0 Å². The zero-order valence-electron chi connectivity index (χ0n) is 33.5. The highest BCUT2D eigenvalue weighted by Gasteiger charge is 2.48. The molecule has 2 aliphatic rings. The SMILES string of the molecule is N#Cc1cccc(-c2ccc(-c3ccc4c(c3)C3(c5cc(-c6ccc(-c7cccc(C#N)c7)cc6)ccc5C=C4)c4ccccc4-n4c5ccccc5c5cccc3c54)cc2)c1. The Morgan fingerprint density at radius 3 is 1.37 bits per heavy atom. The van der Waals surface area contributed by atoms with Gasteiger partial charge in [0.25, 0.3) is 0 Å². The first kappa shape index (κ1) is 35.4. The molecule has 1 aliphatic heterocycles. The number of rotatable bonds is 4. The third-order valence-corrected chi connectivity index (χ3v) is 13.1. The summed E-state index contributed by atoms with van der Waals surface area (Å²) in [6, 6.07) is 76.3. The van der Waals surface area contributed by atoms with E-state index in [0.717, 1.165) is 44.5 Å². The van der Waals surface area contributed by atoms with Crippen LogP contribution < -0.4 is 0 Å². The van der Waals surface area contributed by atoms with Crippen molar-refractivity contribution in [2.45, 2.75) is 5.41 Å². The summed E-state index contributed by atoms with van der Waals surface area (Å²) in [5, 5.41) is 21.6. The van der Waals surface area contributed by atoms with Crippen molar-refractivity contribution in [1.29, 1.82) is 10.5 Å². The highest BCUT2D eigenvalue weighted by molar-refractivity contribution is 6.12. The van der Waals surface area contributed by atoms with E-state index in [9.17, 15) is 10.5 Å². The van der Waals surface area contributed by atoms with Crippen molar-refractivity contribution in [1.82, 2.24) is 4.57 Å². The number of hydrogen-bond acceptors (Lipinski definition) is 2. The van der Waals surface area contributed by atoms with Crippen molar-refractivity contribution in [3.05, 3.63) is 245 Å². The Bertz CT molecular complexity index is 3430. The summed E-state index contributed by atoms with van der Waals surface area (Å²) in [5.41, 5.74) is 20.3. The van der Waals surface area contributed by atoms with Gasteiger partial charge in [0, 0.05) is 10.8 Å². The van der Waals surface area contributed by atoms with Gasteiger partial charge in [0.05, 0.1) is 45.4 Å². The van der Waals surface area contributed by atoms with Gasteiger partial charge < -0.3 is 4.57 Å². The van der Waals surface area contributed by atoms with E-state index in [1.807, 2.05) is 36.4 Å². The van der Waals surface area contributed by atoms with Crippen molar-refractivity contribution in [2.75, 3.05) is 0 Å². The van der Waals surface area contributed by atoms with Crippen molar-refractivity contribution in [3.8, 4) is 62.3 Å². The number of nitrogens with zero attached hydrogens (tertiary/aromatic N) is 3. The van der Waals surface area contributed by atoms with Crippen LogP contribution in [0.15, 0.2) is 200 Å². The van der Waals surface area contributed by atoms with E-state index in [2.05, 4.69) is 193 Å². The van der Waals surface area contributed by atoms with Crippen molar-refractivity contribution < 1.29 is 0 Å². The van der Waals surface area contributed by atoms with Gasteiger partial charge in [0.1, 0.15) is 0 Å². The molecule has 3 heteroatoms. The van der Waals surface area contributed by atoms with Crippen LogP contribution in [0.1, 0.15) is 44.5 Å². The van der Waals surface area contributed by atoms with Crippen LogP contribution >= 0.6 is 0 Å². The fourth-order valence-corrected chi connectivity index (χ4v) is 10.3. The average Bonchev–Trinajstić information content (AvgIpc) is 3.62. The standard InChI is InChI=1S/C59H35N3/c60-36-38-8-5-10-46(32-38)40-18-22-42(23-19-40)48-30-28-44-26-27-45-29-31-49(43-24-20-41(21-25-43)47-11-6-9-39(33-47)37-61)35-55(45)59(54(44)34-48)52-14-2-4-17-57(52)62-56-16-3-1-12-50(56)51-13-7-15-53(59)58(51)62/h1-35H. The molecule has 12 rings (SSSR count). The molecule has 1 aromatic heterocycles. The summed E-state index contributed by atoms with van der Waals surface area (Å²) < 4.78 is 2.49. The maximum absolute atomic E-state index is 9.56. The number of para-hydroxylation sites is 3. The molecule has 62 heavy (non-hydrogen) atoms. The molecule has 0 atom stereocenters. The van der Waals surface area contributed by atoms with Crippen molar-refractivity contribution >= 4 is 34.0 Å². The molecule has 1 spiro atoms. The lowest BCUT2D eigenvalue weighted by atomic mass is 9.61. The Morgan fingerprint density at radius 2 is 0.806 bits per heavy atom. The maximum atomic E-state index is 9.56. The molecule has 0 saturated carbocycles. The zero-order valence-corrected chi connectivity index (χ0v) is 33.5. The summed E-state index contributed by atoms with van der Waals surface area (Å²) in [6.07, 6.45) is 4.60. The van der Waals surface area contributed by atoms with Gasteiger partial charge in [-0.3, -0.25) is 0 Å². The molecule has 1 aliphatic carbocycles. The van der Waals surface area contributed by atoms with Gasteiger partial charge in [-0.1, -0.05) is 164 Å². The van der Waals surface area contributed by atoms with Gasteiger partial charge >= 0.3 is 0 Å². The second kappa shape index (κ2) is 13.8. The summed E-state index contributed by atoms with van der Waals surface area (Å²) in [4.78, 5) is 0. The largest absolute Gasteiger partial charge is 0.309 e. The first-order valence-electron chi connectivity index (χ1n) is 20.9. The van der Waals surface area contributed by atoms with Crippen LogP contribution in [0.2, 0.25) is 0 Å². The number of hydrogen-bond donors (Lipinski definition) is 0. The van der Waals surface area contributed by atoms with Crippen LogP contribution in [0.3, 0.4) is 0 Å². The molecule has 0 bridgehead atoms. The van der Waals surface area contributed by atoms with E-state index in [1.165, 1.54) is 60.9 Å². The minimum absolute atomic E-state index is 0.653. The van der Waals surface area contributed by atoms with Crippen molar-refractivity contribution in [3.63, 3.8) is 0 Å². The van der Waals surface area contributed by atoms with Gasteiger partial charge in [-0.2, -0.15) is 10.5 Å². The Balaban J connectivity index is 1.11. The molecule has 286 valence electrons. The maximum Gasteiger partial charge on any atom is 0.0991 e. The van der Waals surface area contributed by atoms with E-state index in [0.29, 0.717) is 11.1 Å². The van der Waals surface area contributed by atoms with E-state index in [4.69, 9.17) is 0 Å². The third-order valence-electron chi connectivity index (χ3n) is 13.1. The molecule has 3 nitrogen and oxygen atoms in total. The van der Waals surface area contributed by atoms with Gasteiger partial charge in [-0.15, -0.1) is 0 Å². The first-order chi connectivity index (χ1) is 30.6. The van der Waals surface area contributed by atoms with E-state index in [1.54, 1.807) is 0 Å². The molecule has 0 N–H and O–H groups in total. The van der Waals surface area contributed by atoms with E-state index >= 15 is 0 Å². The normalized spacial score (nSPS) is 12.9. The summed E-state index contributed by atoms with van der Waals surface area (Å²) in [5.74, 6) is 0. The molecular formula is C59H35N3. The second-order valence-electron chi connectivity index (χ2n) is 16.3. The van der Waals surface area contributed by atoms with Crippen LogP contribution in [0.4, 0.5) is 0 Å². The lowest BCUT2D eigenvalue weighted by Crippen LogP contribution is -2.36. The molecule has 0 amide bonds. The Labute approximate surface area is 360 Å². The van der Waals surface area contributed by atoms with Gasteiger partial charge in [-0.05, 0) is 126 Å². The van der Waals surface area contributed by atoms with Gasteiger partial charge in [0.2, 0.25) is 0 Å². The number of nitriles is 2. The highest BCUT2D eigenvalue weighted by Crippen LogP contribution is 2.57. The quantitative estimate of drug-likeness (QED) is 0.178. The van der Waals surface area contributed by atoms with Crippen LogP contribution in [-0.4, -0.2) is 4.57 Å². The van der Waals surface area contributed by atoms with E-state index < -0.39 is 5.41 Å². The van der Waals surface area contributed by atoms with Crippen LogP contribution in [0.5, 0.6) is 0 Å². The molecular weight excluding hydrogens is 751 g/mol. The summed E-state index contributed by atoms with van der Waals surface area (Å²) in [6.45, 7) is 0. The number of fused-ring (bicyclic) bond motifs is 11. The fourth-order valence-electron chi connectivity index (χ4n) is 10.3. The number of benzene rings is 9. The lowest BCUT2D eigenvalue weighted by Gasteiger charge is -2.43. The minimum Gasteiger partial charge on any atom is -0.309 e. The molecule has 9 aromatic carbocycles. The molecule has 0 radical (unpaired) electrons. The second-order valence-corrected chi connectivity index (χ2v) is 16.3. The zero-order chi connectivity index (χ0) is 41.4. The van der Waals surface area contributed by atoms with E-state index in [-0.39, 0.29) is 0 Å². The van der Waals surface area contributed by atoms with Crippen LogP contribution in [-0.2, 0) is 5.41 Å². The Kier molecular flexibility index (Phi) is 7.88. The lowest BCUT2D eigenvalue weighted by molar-refractivity contribution is 0.726. The first-order valence-corrected chi connectivity index (χ1v) is 20.9. The topological polar surface area (TPSA) is 52.5 Å². The summed E-state index contributed by atoms with van der Waals surface area (Å²) >= 11 is 0. The smallest absolute Gasteiger partial charge is 0.0991 e. The minimum atomic E-state index is -0.698. The highest BCUT2D eigenvalue weighted by atomic mass is 15.0.